The Hall–Kier alpha value is -0.610. The molecule has 1 rings (SSSR count). The number of nitrogens with zero attached hydrogens (tertiary/aromatic N) is 1. The number of amides is 1. The number of primary amides is 1. The predicted molar refractivity (Wildman–Crippen MR) is 54.6 cm³/mol. The Bertz CT molecular complexity index is 228. The van der Waals surface area contributed by atoms with Gasteiger partial charge < -0.3 is 10.8 Å². The first-order chi connectivity index (χ1) is 6.34. The summed E-state index contributed by atoms with van der Waals surface area (Å²) in [7, 11) is 0. The Morgan fingerprint density at radius 2 is 2.21 bits per heavy atom. The molecule has 1 aliphatic heterocycles. The van der Waals surface area contributed by atoms with Crippen LogP contribution in [0, 0.1) is 5.41 Å². The van der Waals surface area contributed by atoms with Gasteiger partial charge in [-0.05, 0) is 13.3 Å². The summed E-state index contributed by atoms with van der Waals surface area (Å²) in [6.45, 7) is 7.30. The monoisotopic (exact) mass is 200 g/mol. The molecule has 0 spiro atoms. The van der Waals surface area contributed by atoms with Crippen molar-refractivity contribution in [3.05, 3.63) is 0 Å². The summed E-state index contributed by atoms with van der Waals surface area (Å²) in [6.07, 6.45) is 0.434. The molecule has 2 atom stereocenters. The average Bonchev–Trinajstić information content (AvgIpc) is 2.08. The minimum absolute atomic E-state index is 0.151. The van der Waals surface area contributed by atoms with Crippen molar-refractivity contribution in [3.63, 3.8) is 0 Å². The van der Waals surface area contributed by atoms with Crippen molar-refractivity contribution in [2.75, 3.05) is 13.1 Å². The molecule has 1 fully saturated rings. The molecule has 2 unspecified atom stereocenters. The Morgan fingerprint density at radius 1 is 1.64 bits per heavy atom. The Labute approximate surface area is 85.1 Å². The fraction of sp³-hybridized carbons (Fsp3) is 0.900. The molecule has 0 aromatic rings. The smallest absolute Gasteiger partial charge is 0.234 e. The highest BCUT2D eigenvalue weighted by Crippen LogP contribution is 2.29. The lowest BCUT2D eigenvalue weighted by Crippen LogP contribution is -2.54. The third kappa shape index (κ3) is 2.25. The van der Waals surface area contributed by atoms with Crippen LogP contribution in [0.2, 0.25) is 0 Å². The third-order valence-electron chi connectivity index (χ3n) is 3.16. The number of aliphatic hydroxyl groups is 1. The Morgan fingerprint density at radius 3 is 2.64 bits per heavy atom. The van der Waals surface area contributed by atoms with E-state index in [1.165, 1.54) is 0 Å². The summed E-state index contributed by atoms with van der Waals surface area (Å²) in [4.78, 5) is 13.0. The van der Waals surface area contributed by atoms with Crippen molar-refractivity contribution in [3.8, 4) is 0 Å². The molecular formula is C10H20N2O2. The molecule has 1 aliphatic rings. The SMILES string of the molecule is CC(C(N)=O)N1CCC(O)C(C)(C)C1. The molecule has 0 saturated carbocycles. The van der Waals surface area contributed by atoms with E-state index >= 15 is 0 Å². The Kier molecular flexibility index (Phi) is 3.17. The van der Waals surface area contributed by atoms with E-state index < -0.39 is 0 Å². The van der Waals surface area contributed by atoms with Crippen LogP contribution >= 0.6 is 0 Å². The first kappa shape index (κ1) is 11.5. The molecule has 0 bridgehead atoms. The van der Waals surface area contributed by atoms with Crippen LogP contribution in [0.15, 0.2) is 0 Å². The van der Waals surface area contributed by atoms with Gasteiger partial charge in [0.15, 0.2) is 0 Å². The maximum absolute atomic E-state index is 11.0. The van der Waals surface area contributed by atoms with Crippen molar-refractivity contribution < 1.29 is 9.90 Å². The second-order valence-electron chi connectivity index (χ2n) is 4.84. The molecule has 0 aromatic heterocycles. The van der Waals surface area contributed by atoms with Gasteiger partial charge in [-0.1, -0.05) is 13.8 Å². The van der Waals surface area contributed by atoms with Gasteiger partial charge in [0.05, 0.1) is 12.1 Å². The first-order valence-electron chi connectivity index (χ1n) is 5.06. The number of piperidine rings is 1. The molecule has 1 amide bonds. The molecule has 4 heteroatoms. The minimum atomic E-state index is -0.294. The van der Waals surface area contributed by atoms with Crippen LogP contribution in [0.4, 0.5) is 0 Å². The number of hydrogen-bond donors (Lipinski definition) is 2. The molecule has 82 valence electrons. The minimum Gasteiger partial charge on any atom is -0.392 e. The van der Waals surface area contributed by atoms with Crippen molar-refractivity contribution >= 4 is 5.91 Å². The standard InChI is InChI=1S/C10H20N2O2/c1-7(9(11)14)12-5-4-8(13)10(2,3)6-12/h7-8,13H,4-6H2,1-3H3,(H2,11,14). The number of likely N-dealkylation sites (tertiary alicyclic amines) is 1. The number of carbonyl (C=O) groups is 1. The van der Waals surface area contributed by atoms with E-state index in [0.29, 0.717) is 6.42 Å². The highest BCUT2D eigenvalue weighted by molar-refractivity contribution is 5.79. The fourth-order valence-electron chi connectivity index (χ4n) is 1.90. The van der Waals surface area contributed by atoms with Gasteiger partial charge in [0.25, 0.3) is 0 Å². The molecule has 0 aliphatic carbocycles. The lowest BCUT2D eigenvalue weighted by atomic mass is 9.81. The van der Waals surface area contributed by atoms with Crippen LogP contribution < -0.4 is 5.73 Å². The van der Waals surface area contributed by atoms with E-state index in [2.05, 4.69) is 0 Å². The van der Waals surface area contributed by atoms with Gasteiger partial charge in [0, 0.05) is 18.5 Å². The molecule has 0 radical (unpaired) electrons. The van der Waals surface area contributed by atoms with Crippen LogP contribution in [0.3, 0.4) is 0 Å². The molecule has 1 heterocycles. The molecule has 4 nitrogen and oxygen atoms in total. The maximum Gasteiger partial charge on any atom is 0.234 e. The Balaban J connectivity index is 2.64. The van der Waals surface area contributed by atoms with E-state index in [-0.39, 0.29) is 23.5 Å². The zero-order valence-corrected chi connectivity index (χ0v) is 9.16. The number of aliphatic hydroxyl groups excluding tert-OH is 1. The first-order valence-corrected chi connectivity index (χ1v) is 5.06. The van der Waals surface area contributed by atoms with Gasteiger partial charge in [0.1, 0.15) is 0 Å². The number of nitrogens with two attached hydrogens (primary N) is 1. The van der Waals surface area contributed by atoms with Crippen LogP contribution in [0.1, 0.15) is 27.2 Å². The van der Waals surface area contributed by atoms with Crippen LogP contribution in [0.25, 0.3) is 0 Å². The van der Waals surface area contributed by atoms with E-state index in [1.54, 1.807) is 0 Å². The topological polar surface area (TPSA) is 66.6 Å². The molecule has 3 N–H and O–H groups in total. The quantitative estimate of drug-likeness (QED) is 0.657. The molecule has 14 heavy (non-hydrogen) atoms. The molecule has 1 saturated heterocycles. The maximum atomic E-state index is 11.0. The second kappa shape index (κ2) is 3.87. The summed E-state index contributed by atoms with van der Waals surface area (Å²) in [6, 6.07) is -0.234. The fourth-order valence-corrected chi connectivity index (χ4v) is 1.90. The number of hydrogen-bond acceptors (Lipinski definition) is 3. The number of rotatable bonds is 2. The zero-order valence-electron chi connectivity index (χ0n) is 9.16. The number of carbonyl (C=O) groups excluding carboxylic acids is 1. The van der Waals surface area contributed by atoms with E-state index in [0.717, 1.165) is 13.1 Å². The highest BCUT2D eigenvalue weighted by atomic mass is 16.3. The summed E-state index contributed by atoms with van der Waals surface area (Å²) < 4.78 is 0. The summed E-state index contributed by atoms with van der Waals surface area (Å²) >= 11 is 0. The van der Waals surface area contributed by atoms with Crippen molar-refractivity contribution in [1.29, 1.82) is 0 Å². The van der Waals surface area contributed by atoms with Crippen molar-refractivity contribution in [1.82, 2.24) is 4.90 Å². The largest absolute Gasteiger partial charge is 0.392 e. The highest BCUT2D eigenvalue weighted by Gasteiger charge is 2.36. The summed E-state index contributed by atoms with van der Waals surface area (Å²) in [5.74, 6) is -0.294. The third-order valence-corrected chi connectivity index (χ3v) is 3.16. The molecule has 0 aromatic carbocycles. The van der Waals surface area contributed by atoms with Gasteiger partial charge in [-0.2, -0.15) is 0 Å². The van der Waals surface area contributed by atoms with Gasteiger partial charge in [-0.15, -0.1) is 0 Å². The van der Waals surface area contributed by atoms with E-state index in [4.69, 9.17) is 5.73 Å². The zero-order chi connectivity index (χ0) is 10.9. The molecular weight excluding hydrogens is 180 g/mol. The van der Waals surface area contributed by atoms with Gasteiger partial charge >= 0.3 is 0 Å². The van der Waals surface area contributed by atoms with E-state index in [1.807, 2.05) is 25.7 Å². The van der Waals surface area contributed by atoms with Gasteiger partial charge in [-0.25, -0.2) is 0 Å². The van der Waals surface area contributed by atoms with Crippen LogP contribution in [-0.4, -0.2) is 41.1 Å². The van der Waals surface area contributed by atoms with Crippen LogP contribution in [0.5, 0.6) is 0 Å². The second-order valence-corrected chi connectivity index (χ2v) is 4.84. The lowest BCUT2D eigenvalue weighted by Gasteiger charge is -2.43. The van der Waals surface area contributed by atoms with Gasteiger partial charge in [-0.3, -0.25) is 9.69 Å². The predicted octanol–water partition coefficient (Wildman–Crippen LogP) is -0.0470. The van der Waals surface area contributed by atoms with Crippen molar-refractivity contribution in [2.45, 2.75) is 39.3 Å². The van der Waals surface area contributed by atoms with Crippen LogP contribution in [-0.2, 0) is 4.79 Å². The van der Waals surface area contributed by atoms with Crippen molar-refractivity contribution in [2.24, 2.45) is 11.1 Å². The normalized spacial score (nSPS) is 29.9. The summed E-state index contributed by atoms with van der Waals surface area (Å²) in [5, 5.41) is 9.73. The van der Waals surface area contributed by atoms with E-state index in [9.17, 15) is 9.90 Å². The van der Waals surface area contributed by atoms with Gasteiger partial charge in [0.2, 0.25) is 5.91 Å². The average molecular weight is 200 g/mol. The summed E-state index contributed by atoms with van der Waals surface area (Å²) in [5.41, 5.74) is 5.10. The lowest BCUT2D eigenvalue weighted by molar-refractivity contribution is -0.125.